The van der Waals surface area contributed by atoms with E-state index in [0.717, 1.165) is 10.8 Å². The Morgan fingerprint density at radius 3 is 2.15 bits per heavy atom. The Bertz CT molecular complexity index is 1790. The van der Waals surface area contributed by atoms with E-state index < -0.39 is 36.0 Å². The number of aliphatic carboxylic acids is 1. The number of hydrogen-bond acceptors (Lipinski definition) is 7. The summed E-state index contributed by atoms with van der Waals surface area (Å²) in [6.07, 6.45) is -0.293. The van der Waals surface area contributed by atoms with E-state index in [1.807, 2.05) is 44.2 Å². The van der Waals surface area contributed by atoms with Crippen LogP contribution in [0.4, 0.5) is 4.79 Å². The average molecular weight is 643 g/mol. The van der Waals surface area contributed by atoms with Crippen molar-refractivity contribution in [1.82, 2.24) is 20.4 Å². The molecule has 12 heteroatoms. The van der Waals surface area contributed by atoms with Gasteiger partial charge in [0.15, 0.2) is 0 Å². The number of carboxylic acids is 1. The van der Waals surface area contributed by atoms with Gasteiger partial charge in [0.1, 0.15) is 29.0 Å². The van der Waals surface area contributed by atoms with Crippen molar-refractivity contribution in [2.45, 2.75) is 45.7 Å². The lowest BCUT2D eigenvalue weighted by Crippen LogP contribution is -2.52. The highest BCUT2D eigenvalue weighted by Crippen LogP contribution is 2.30. The predicted molar refractivity (Wildman–Crippen MR) is 174 cm³/mol. The van der Waals surface area contributed by atoms with Crippen molar-refractivity contribution in [3.8, 4) is 5.75 Å². The first kappa shape index (κ1) is 33.0. The average Bonchev–Trinajstić information content (AvgIpc) is 3.43. The van der Waals surface area contributed by atoms with E-state index in [0.29, 0.717) is 42.9 Å². The summed E-state index contributed by atoms with van der Waals surface area (Å²) in [5, 5.41) is 17.0. The van der Waals surface area contributed by atoms with Gasteiger partial charge < -0.3 is 34.7 Å². The Kier molecular flexibility index (Phi) is 10.1. The van der Waals surface area contributed by atoms with Crippen molar-refractivity contribution in [1.29, 1.82) is 0 Å². The number of nitrogens with zero attached hydrogens (tertiary/aromatic N) is 2. The molecule has 0 bridgehead atoms. The number of carbonyl (C=O) groups excluding carboxylic acids is 4. The highest BCUT2D eigenvalue weighted by Gasteiger charge is 2.29. The fourth-order valence-corrected chi connectivity index (χ4v) is 5.64. The summed E-state index contributed by atoms with van der Waals surface area (Å²) < 4.78 is 11.4. The predicted octanol–water partition coefficient (Wildman–Crippen LogP) is 4.21. The Morgan fingerprint density at radius 1 is 0.830 bits per heavy atom. The van der Waals surface area contributed by atoms with Crippen molar-refractivity contribution in [3.05, 3.63) is 77.9 Å². The monoisotopic (exact) mass is 642 g/mol. The molecule has 2 atom stereocenters. The van der Waals surface area contributed by atoms with Gasteiger partial charge in [-0.25, -0.2) is 9.59 Å². The Labute approximate surface area is 271 Å². The van der Waals surface area contributed by atoms with E-state index in [2.05, 4.69) is 10.6 Å². The van der Waals surface area contributed by atoms with E-state index in [4.69, 9.17) is 9.15 Å². The zero-order chi connectivity index (χ0) is 33.7. The number of rotatable bonds is 10. The van der Waals surface area contributed by atoms with Gasteiger partial charge in [0, 0.05) is 50.3 Å². The van der Waals surface area contributed by atoms with Crippen molar-refractivity contribution in [2.75, 3.05) is 26.2 Å². The molecule has 1 fully saturated rings. The number of furan rings is 1. The van der Waals surface area contributed by atoms with Crippen molar-refractivity contribution < 1.29 is 38.2 Å². The zero-order valence-corrected chi connectivity index (χ0v) is 26.5. The third-order valence-corrected chi connectivity index (χ3v) is 8.14. The molecule has 3 aromatic carbocycles. The number of para-hydroxylation sites is 2. The Morgan fingerprint density at radius 2 is 1.49 bits per heavy atom. The molecule has 0 saturated carbocycles. The maximum atomic E-state index is 13.5. The third-order valence-electron chi connectivity index (χ3n) is 8.14. The molecule has 1 aliphatic rings. The van der Waals surface area contributed by atoms with Gasteiger partial charge in [-0.05, 0) is 42.2 Å². The second kappa shape index (κ2) is 14.4. The largest absolute Gasteiger partial charge is 0.480 e. The number of nitrogens with one attached hydrogen (secondary N) is 2. The molecular formula is C35H38N4O8. The number of amides is 4. The first-order chi connectivity index (χ1) is 22.5. The molecule has 0 unspecified atom stereocenters. The molecule has 1 aromatic heterocycles. The maximum Gasteiger partial charge on any atom is 0.415 e. The molecule has 12 nitrogen and oxygen atoms in total. The number of carboxylic acid groups (broad SMARTS) is 1. The minimum Gasteiger partial charge on any atom is -0.480 e. The van der Waals surface area contributed by atoms with Gasteiger partial charge in [-0.2, -0.15) is 0 Å². The van der Waals surface area contributed by atoms with Gasteiger partial charge >= 0.3 is 12.1 Å². The summed E-state index contributed by atoms with van der Waals surface area (Å²) in [6, 6.07) is 16.8. The zero-order valence-electron chi connectivity index (χ0n) is 26.5. The fourth-order valence-electron chi connectivity index (χ4n) is 5.64. The number of hydrogen-bond donors (Lipinski definition) is 3. The van der Waals surface area contributed by atoms with Crippen LogP contribution in [0.5, 0.6) is 5.75 Å². The van der Waals surface area contributed by atoms with E-state index in [9.17, 15) is 29.1 Å². The van der Waals surface area contributed by atoms with Gasteiger partial charge in [0.05, 0.1) is 5.56 Å². The second-order valence-electron chi connectivity index (χ2n) is 12.0. The smallest absolute Gasteiger partial charge is 0.415 e. The normalized spacial score (nSPS) is 14.6. The lowest BCUT2D eigenvalue weighted by molar-refractivity contribution is -0.142. The quantitative estimate of drug-likeness (QED) is 0.232. The molecule has 5 rings (SSSR count). The molecule has 0 radical (unpaired) electrons. The first-order valence-corrected chi connectivity index (χ1v) is 15.6. The molecule has 3 N–H and O–H groups in total. The molecular weight excluding hydrogens is 604 g/mol. The van der Waals surface area contributed by atoms with Gasteiger partial charge in [-0.3, -0.25) is 14.4 Å². The fraction of sp³-hybridized carbons (Fsp3) is 0.343. The summed E-state index contributed by atoms with van der Waals surface area (Å²) >= 11 is 0. The molecule has 4 amide bonds. The molecule has 2 heterocycles. The SMILES string of the molecule is CC(=O)N1CCN(C(=O)Oc2ccc(C[C@H](NC(=O)[C@H](CC(C)C)NC(=O)c3cccc4c3oc3ccccc34)C(=O)O)cc2)CC1. The van der Waals surface area contributed by atoms with E-state index in [-0.39, 0.29) is 36.0 Å². The van der Waals surface area contributed by atoms with Crippen molar-refractivity contribution in [3.63, 3.8) is 0 Å². The van der Waals surface area contributed by atoms with E-state index in [1.54, 1.807) is 41.3 Å². The standard InChI is InChI=1S/C35H38N4O8/c1-21(2)19-28(36-32(41)27-9-6-8-26-25-7-4-5-10-30(25)47-31(26)27)33(42)37-29(34(43)44)20-23-11-13-24(14-12-23)46-35(45)39-17-15-38(16-18-39)22(3)40/h4-14,21,28-29H,15-20H2,1-3H3,(H,36,41)(H,37,42)(H,43,44)/t28-,29-/m0/s1. The Balaban J connectivity index is 1.22. The topological polar surface area (TPSA) is 158 Å². The van der Waals surface area contributed by atoms with Crippen LogP contribution in [-0.4, -0.2) is 83.0 Å². The summed E-state index contributed by atoms with van der Waals surface area (Å²) in [5.41, 5.74) is 1.91. The lowest BCUT2D eigenvalue weighted by atomic mass is 10.0. The molecule has 0 spiro atoms. The molecule has 1 aliphatic heterocycles. The molecule has 0 aliphatic carbocycles. The summed E-state index contributed by atoms with van der Waals surface area (Å²) in [6.45, 7) is 6.90. The van der Waals surface area contributed by atoms with Crippen LogP contribution in [-0.2, 0) is 20.8 Å². The van der Waals surface area contributed by atoms with E-state index in [1.165, 1.54) is 11.8 Å². The molecule has 47 heavy (non-hydrogen) atoms. The van der Waals surface area contributed by atoms with Gasteiger partial charge in [0.25, 0.3) is 5.91 Å². The summed E-state index contributed by atoms with van der Waals surface area (Å²) in [7, 11) is 0. The number of carbonyl (C=O) groups is 5. The van der Waals surface area contributed by atoms with Crippen LogP contribution in [0.15, 0.2) is 71.1 Å². The van der Waals surface area contributed by atoms with Crippen LogP contribution >= 0.6 is 0 Å². The van der Waals surface area contributed by atoms with Crippen molar-refractivity contribution >= 4 is 51.7 Å². The Hall–Kier alpha value is -5.39. The van der Waals surface area contributed by atoms with Crippen LogP contribution < -0.4 is 15.4 Å². The van der Waals surface area contributed by atoms with Crippen LogP contribution in [0, 0.1) is 5.92 Å². The van der Waals surface area contributed by atoms with E-state index >= 15 is 0 Å². The second-order valence-corrected chi connectivity index (χ2v) is 12.0. The number of ether oxygens (including phenoxy) is 1. The number of benzene rings is 3. The third kappa shape index (κ3) is 7.89. The maximum absolute atomic E-state index is 13.5. The molecule has 1 saturated heterocycles. The van der Waals surface area contributed by atoms with Crippen LogP contribution in [0.3, 0.4) is 0 Å². The lowest BCUT2D eigenvalue weighted by Gasteiger charge is -2.33. The number of piperazine rings is 1. The van der Waals surface area contributed by atoms with Crippen LogP contribution in [0.1, 0.15) is 43.1 Å². The molecule has 246 valence electrons. The summed E-state index contributed by atoms with van der Waals surface area (Å²) in [5.74, 6) is -2.10. The van der Waals surface area contributed by atoms with Crippen molar-refractivity contribution in [2.24, 2.45) is 5.92 Å². The first-order valence-electron chi connectivity index (χ1n) is 15.6. The number of fused-ring (bicyclic) bond motifs is 3. The molecule has 4 aromatic rings. The minimum atomic E-state index is -1.28. The van der Waals surface area contributed by atoms with Gasteiger partial charge in [-0.15, -0.1) is 0 Å². The van der Waals surface area contributed by atoms with Crippen LogP contribution in [0.25, 0.3) is 21.9 Å². The van der Waals surface area contributed by atoms with Gasteiger partial charge in [-0.1, -0.05) is 56.3 Å². The highest BCUT2D eigenvalue weighted by atomic mass is 16.6. The van der Waals surface area contributed by atoms with Gasteiger partial charge in [0.2, 0.25) is 11.8 Å². The summed E-state index contributed by atoms with van der Waals surface area (Å²) in [4.78, 5) is 66.4. The van der Waals surface area contributed by atoms with Crippen LogP contribution in [0.2, 0.25) is 0 Å². The minimum absolute atomic E-state index is 0.0181. The highest BCUT2D eigenvalue weighted by molar-refractivity contribution is 6.13.